The van der Waals surface area contributed by atoms with Crippen molar-refractivity contribution in [3.63, 3.8) is 0 Å². The summed E-state index contributed by atoms with van der Waals surface area (Å²) in [5.41, 5.74) is 5.36. The third-order valence-corrected chi connectivity index (χ3v) is 3.75. The summed E-state index contributed by atoms with van der Waals surface area (Å²) in [6.07, 6.45) is 3.86. The van der Waals surface area contributed by atoms with Gasteiger partial charge in [-0.25, -0.2) is 0 Å². The standard InChI is InChI=1S/C11H16N2O3S/c1-7-2-3-8(16-7)6-9-10(14)13(5-4-12)11(15)17-9/h6-8H,2-5,12H2,1H3/b9-6+. The number of rotatable bonds is 3. The van der Waals surface area contributed by atoms with E-state index in [4.69, 9.17) is 10.5 Å². The number of ether oxygens (including phenoxy) is 1. The molecule has 0 aliphatic carbocycles. The number of carbonyl (C=O) groups excluding carboxylic acids is 2. The van der Waals surface area contributed by atoms with Crippen molar-refractivity contribution in [2.24, 2.45) is 5.73 Å². The summed E-state index contributed by atoms with van der Waals surface area (Å²) in [7, 11) is 0. The SMILES string of the molecule is CC1CCC(/C=C2/SC(=O)N(CCN)C2=O)O1. The molecule has 2 aliphatic rings. The Morgan fingerprint density at radius 3 is 2.88 bits per heavy atom. The van der Waals surface area contributed by atoms with E-state index >= 15 is 0 Å². The fourth-order valence-corrected chi connectivity index (χ4v) is 2.85. The molecule has 2 atom stereocenters. The number of thioether (sulfide) groups is 1. The van der Waals surface area contributed by atoms with E-state index in [9.17, 15) is 9.59 Å². The van der Waals surface area contributed by atoms with Gasteiger partial charge in [0.25, 0.3) is 11.1 Å². The molecule has 2 fully saturated rings. The molecule has 5 nitrogen and oxygen atoms in total. The van der Waals surface area contributed by atoms with E-state index in [0.29, 0.717) is 11.4 Å². The van der Waals surface area contributed by atoms with E-state index in [1.165, 1.54) is 4.90 Å². The van der Waals surface area contributed by atoms with Gasteiger partial charge in [0.15, 0.2) is 0 Å². The molecule has 0 aromatic rings. The highest BCUT2D eigenvalue weighted by atomic mass is 32.2. The van der Waals surface area contributed by atoms with Gasteiger partial charge in [-0.05, 0) is 37.6 Å². The van der Waals surface area contributed by atoms with Gasteiger partial charge in [0.05, 0.1) is 17.1 Å². The molecule has 0 radical (unpaired) electrons. The van der Waals surface area contributed by atoms with Gasteiger partial charge in [0, 0.05) is 13.1 Å². The normalized spacial score (nSPS) is 31.9. The van der Waals surface area contributed by atoms with Crippen LogP contribution >= 0.6 is 11.8 Å². The summed E-state index contributed by atoms with van der Waals surface area (Å²) in [6.45, 7) is 2.58. The lowest BCUT2D eigenvalue weighted by Gasteiger charge is -2.10. The first-order chi connectivity index (χ1) is 8.11. The van der Waals surface area contributed by atoms with Crippen molar-refractivity contribution in [1.29, 1.82) is 0 Å². The van der Waals surface area contributed by atoms with E-state index in [1.807, 2.05) is 6.92 Å². The van der Waals surface area contributed by atoms with Crippen molar-refractivity contribution in [3.05, 3.63) is 11.0 Å². The monoisotopic (exact) mass is 256 g/mol. The molecular weight excluding hydrogens is 240 g/mol. The van der Waals surface area contributed by atoms with Crippen LogP contribution in [-0.2, 0) is 9.53 Å². The summed E-state index contributed by atoms with van der Waals surface area (Å²) in [5, 5.41) is -0.238. The number of hydrogen-bond donors (Lipinski definition) is 1. The number of hydrogen-bond acceptors (Lipinski definition) is 5. The van der Waals surface area contributed by atoms with Crippen LogP contribution in [0.25, 0.3) is 0 Å². The van der Waals surface area contributed by atoms with Crippen molar-refractivity contribution in [3.8, 4) is 0 Å². The lowest BCUT2D eigenvalue weighted by molar-refractivity contribution is -0.122. The van der Waals surface area contributed by atoms with Crippen LogP contribution in [0.2, 0.25) is 0 Å². The Kier molecular flexibility index (Phi) is 3.86. The third kappa shape index (κ3) is 2.70. The van der Waals surface area contributed by atoms with Crippen molar-refractivity contribution in [2.45, 2.75) is 32.0 Å². The Morgan fingerprint density at radius 1 is 1.53 bits per heavy atom. The van der Waals surface area contributed by atoms with E-state index < -0.39 is 0 Å². The molecule has 0 aromatic carbocycles. The Hall–Kier alpha value is -0.850. The highest BCUT2D eigenvalue weighted by molar-refractivity contribution is 8.18. The number of nitrogens with two attached hydrogens (primary N) is 1. The second kappa shape index (κ2) is 5.20. The van der Waals surface area contributed by atoms with Gasteiger partial charge in [0.1, 0.15) is 0 Å². The lowest BCUT2D eigenvalue weighted by Crippen LogP contribution is -2.33. The molecule has 2 rings (SSSR count). The largest absolute Gasteiger partial charge is 0.371 e. The Bertz CT molecular complexity index is 370. The predicted molar refractivity (Wildman–Crippen MR) is 65.4 cm³/mol. The van der Waals surface area contributed by atoms with Gasteiger partial charge in [-0.1, -0.05) is 0 Å². The molecule has 0 aromatic heterocycles. The second-order valence-corrected chi connectivity index (χ2v) is 5.20. The highest BCUT2D eigenvalue weighted by Crippen LogP contribution is 2.32. The van der Waals surface area contributed by atoms with Crippen LogP contribution in [0.5, 0.6) is 0 Å². The maximum absolute atomic E-state index is 11.9. The van der Waals surface area contributed by atoms with Gasteiger partial charge < -0.3 is 10.5 Å². The van der Waals surface area contributed by atoms with Gasteiger partial charge in [-0.15, -0.1) is 0 Å². The van der Waals surface area contributed by atoms with Crippen LogP contribution in [0, 0.1) is 0 Å². The molecule has 17 heavy (non-hydrogen) atoms. The second-order valence-electron chi connectivity index (χ2n) is 4.21. The van der Waals surface area contributed by atoms with Crippen LogP contribution in [0.4, 0.5) is 4.79 Å². The average Bonchev–Trinajstić information content (AvgIpc) is 2.79. The molecule has 0 saturated carbocycles. The zero-order valence-electron chi connectivity index (χ0n) is 9.72. The summed E-state index contributed by atoms with van der Waals surface area (Å²) >= 11 is 0.973. The van der Waals surface area contributed by atoms with Crippen molar-refractivity contribution in [2.75, 3.05) is 13.1 Å². The van der Waals surface area contributed by atoms with Crippen LogP contribution in [0.3, 0.4) is 0 Å². The third-order valence-electron chi connectivity index (χ3n) is 2.83. The van der Waals surface area contributed by atoms with Crippen LogP contribution in [0.1, 0.15) is 19.8 Å². The Morgan fingerprint density at radius 2 is 2.29 bits per heavy atom. The molecule has 6 heteroatoms. The first-order valence-electron chi connectivity index (χ1n) is 5.73. The minimum Gasteiger partial charge on any atom is -0.371 e. The fraction of sp³-hybridized carbons (Fsp3) is 0.636. The molecule has 2 amide bonds. The number of nitrogens with zero attached hydrogens (tertiary/aromatic N) is 1. The lowest BCUT2D eigenvalue weighted by atomic mass is 10.2. The van der Waals surface area contributed by atoms with E-state index in [-0.39, 0.29) is 29.9 Å². The first kappa shape index (κ1) is 12.6. The average molecular weight is 256 g/mol. The zero-order chi connectivity index (χ0) is 12.4. The maximum Gasteiger partial charge on any atom is 0.293 e. The first-order valence-corrected chi connectivity index (χ1v) is 6.54. The van der Waals surface area contributed by atoms with Crippen molar-refractivity contribution < 1.29 is 14.3 Å². The predicted octanol–water partition coefficient (Wildman–Crippen LogP) is 1.09. The smallest absolute Gasteiger partial charge is 0.293 e. The zero-order valence-corrected chi connectivity index (χ0v) is 10.5. The van der Waals surface area contributed by atoms with Gasteiger partial charge in [-0.3, -0.25) is 14.5 Å². The van der Waals surface area contributed by atoms with Gasteiger partial charge >= 0.3 is 0 Å². The maximum atomic E-state index is 11.9. The molecule has 2 saturated heterocycles. The van der Waals surface area contributed by atoms with E-state index in [0.717, 1.165) is 24.6 Å². The van der Waals surface area contributed by atoms with Gasteiger partial charge in [0.2, 0.25) is 0 Å². The van der Waals surface area contributed by atoms with E-state index in [2.05, 4.69) is 0 Å². The van der Waals surface area contributed by atoms with E-state index in [1.54, 1.807) is 6.08 Å². The molecule has 94 valence electrons. The number of imide groups is 1. The van der Waals surface area contributed by atoms with Crippen molar-refractivity contribution in [1.82, 2.24) is 4.90 Å². The van der Waals surface area contributed by atoms with Crippen LogP contribution in [0.15, 0.2) is 11.0 Å². The van der Waals surface area contributed by atoms with Gasteiger partial charge in [-0.2, -0.15) is 0 Å². The topological polar surface area (TPSA) is 72.6 Å². The highest BCUT2D eigenvalue weighted by Gasteiger charge is 2.35. The minimum absolute atomic E-state index is 0.0397. The minimum atomic E-state index is -0.242. The molecule has 2 heterocycles. The molecule has 0 bridgehead atoms. The molecule has 2 unspecified atom stereocenters. The summed E-state index contributed by atoms with van der Waals surface area (Å²) in [5.74, 6) is -0.242. The molecule has 2 aliphatic heterocycles. The summed E-state index contributed by atoms with van der Waals surface area (Å²) in [6, 6.07) is 0. The van der Waals surface area contributed by atoms with Crippen LogP contribution < -0.4 is 5.73 Å². The summed E-state index contributed by atoms with van der Waals surface area (Å²) in [4.78, 5) is 25.1. The fourth-order valence-electron chi connectivity index (χ4n) is 1.96. The Balaban J connectivity index is 2.05. The summed E-state index contributed by atoms with van der Waals surface area (Å²) < 4.78 is 5.61. The molecule has 0 spiro atoms. The molecule has 2 N–H and O–H groups in total. The van der Waals surface area contributed by atoms with Crippen molar-refractivity contribution >= 4 is 22.9 Å². The Labute approximate surface area is 104 Å². The number of carbonyl (C=O) groups is 2. The number of amides is 2. The van der Waals surface area contributed by atoms with Crippen LogP contribution in [-0.4, -0.2) is 41.3 Å². The quantitative estimate of drug-likeness (QED) is 0.765. The molecular formula is C11H16N2O3S.